The van der Waals surface area contributed by atoms with Crippen LogP contribution in [0.5, 0.6) is 5.75 Å². The van der Waals surface area contributed by atoms with Gasteiger partial charge < -0.3 is 10.1 Å². The highest BCUT2D eigenvalue weighted by Crippen LogP contribution is 2.21. The van der Waals surface area contributed by atoms with Gasteiger partial charge in [-0.25, -0.2) is 4.98 Å². The highest BCUT2D eigenvalue weighted by atomic mass is 79.9. The molecule has 4 heteroatoms. The predicted octanol–water partition coefficient (Wildman–Crippen LogP) is 4.12. The number of methoxy groups -OCH3 is 1. The molecule has 0 aliphatic carbocycles. The van der Waals surface area contributed by atoms with Gasteiger partial charge in [0.15, 0.2) is 0 Å². The van der Waals surface area contributed by atoms with Crippen LogP contribution < -0.4 is 10.1 Å². The second kappa shape index (κ2) is 6.75. The minimum atomic E-state index is 0.827. The standard InChI is InChI=1S/C16H19BrN2O/c1-11-4-5-15(20-3)13(8-11)6-7-18-16-9-12(2)14(17)10-19-16/h4-5,8-10H,6-7H2,1-3H3,(H,18,19). The Kier molecular flexibility index (Phi) is 5.01. The Morgan fingerprint density at radius 1 is 1.25 bits per heavy atom. The summed E-state index contributed by atoms with van der Waals surface area (Å²) in [5.41, 5.74) is 3.64. The van der Waals surface area contributed by atoms with Gasteiger partial charge in [-0.3, -0.25) is 0 Å². The first-order valence-corrected chi connectivity index (χ1v) is 7.39. The van der Waals surface area contributed by atoms with Gasteiger partial charge in [0.2, 0.25) is 0 Å². The molecule has 0 aliphatic heterocycles. The Morgan fingerprint density at radius 3 is 2.75 bits per heavy atom. The van der Waals surface area contributed by atoms with Crippen LogP contribution in [0.3, 0.4) is 0 Å². The van der Waals surface area contributed by atoms with Gasteiger partial charge in [0.1, 0.15) is 11.6 Å². The van der Waals surface area contributed by atoms with Gasteiger partial charge >= 0.3 is 0 Å². The Balaban J connectivity index is 1.99. The van der Waals surface area contributed by atoms with E-state index in [9.17, 15) is 0 Å². The molecule has 0 unspecified atom stereocenters. The van der Waals surface area contributed by atoms with Crippen molar-refractivity contribution in [2.24, 2.45) is 0 Å². The fraction of sp³-hybridized carbons (Fsp3) is 0.312. The monoisotopic (exact) mass is 334 g/mol. The summed E-state index contributed by atoms with van der Waals surface area (Å²) < 4.78 is 6.42. The number of nitrogens with one attached hydrogen (secondary N) is 1. The lowest BCUT2D eigenvalue weighted by molar-refractivity contribution is 0.410. The number of aromatic nitrogens is 1. The molecule has 0 bridgehead atoms. The highest BCUT2D eigenvalue weighted by Gasteiger charge is 2.04. The summed E-state index contributed by atoms with van der Waals surface area (Å²) in [6.07, 6.45) is 2.73. The van der Waals surface area contributed by atoms with Crippen molar-refractivity contribution in [3.8, 4) is 5.75 Å². The quantitative estimate of drug-likeness (QED) is 0.892. The number of hydrogen-bond acceptors (Lipinski definition) is 3. The molecule has 0 fully saturated rings. The maximum Gasteiger partial charge on any atom is 0.126 e. The van der Waals surface area contributed by atoms with Crippen molar-refractivity contribution in [3.63, 3.8) is 0 Å². The molecule has 1 N–H and O–H groups in total. The minimum absolute atomic E-state index is 0.827. The summed E-state index contributed by atoms with van der Waals surface area (Å²) in [6.45, 7) is 4.98. The number of halogens is 1. The Hall–Kier alpha value is -1.55. The first-order chi connectivity index (χ1) is 9.60. The Labute approximate surface area is 128 Å². The fourth-order valence-electron chi connectivity index (χ4n) is 2.06. The van der Waals surface area contributed by atoms with Gasteiger partial charge in [-0.05, 0) is 59.5 Å². The molecule has 106 valence electrons. The predicted molar refractivity (Wildman–Crippen MR) is 86.6 cm³/mol. The van der Waals surface area contributed by atoms with Crippen molar-refractivity contribution in [3.05, 3.63) is 51.6 Å². The van der Waals surface area contributed by atoms with Crippen LogP contribution in [0.15, 0.2) is 34.9 Å². The van der Waals surface area contributed by atoms with Gasteiger partial charge in [0.05, 0.1) is 7.11 Å². The molecule has 1 aromatic heterocycles. The molecule has 2 aromatic rings. The number of aryl methyl sites for hydroxylation is 2. The number of hydrogen-bond donors (Lipinski definition) is 1. The topological polar surface area (TPSA) is 34.1 Å². The smallest absolute Gasteiger partial charge is 0.126 e. The molecule has 1 aromatic carbocycles. The third-order valence-corrected chi connectivity index (χ3v) is 4.01. The maximum absolute atomic E-state index is 5.39. The number of pyridine rings is 1. The van der Waals surface area contributed by atoms with Crippen molar-refractivity contribution in [1.82, 2.24) is 4.98 Å². The summed E-state index contributed by atoms with van der Waals surface area (Å²) in [6, 6.07) is 8.29. The fourth-order valence-corrected chi connectivity index (χ4v) is 2.28. The summed E-state index contributed by atoms with van der Waals surface area (Å²) >= 11 is 3.45. The van der Waals surface area contributed by atoms with Crippen LogP contribution in [0.2, 0.25) is 0 Å². The molecule has 3 nitrogen and oxygen atoms in total. The van der Waals surface area contributed by atoms with Gasteiger partial charge in [0.25, 0.3) is 0 Å². The lowest BCUT2D eigenvalue weighted by Crippen LogP contribution is -2.07. The van der Waals surface area contributed by atoms with Crippen molar-refractivity contribution >= 4 is 21.7 Å². The molecule has 1 heterocycles. The molecule has 0 aliphatic rings. The van der Waals surface area contributed by atoms with Gasteiger partial charge in [-0.2, -0.15) is 0 Å². The van der Waals surface area contributed by atoms with E-state index in [0.717, 1.165) is 29.0 Å². The SMILES string of the molecule is COc1ccc(C)cc1CCNc1cc(C)c(Br)cn1. The van der Waals surface area contributed by atoms with Crippen LogP contribution in [0.4, 0.5) is 5.82 Å². The van der Waals surface area contributed by atoms with E-state index in [1.165, 1.54) is 16.7 Å². The van der Waals surface area contributed by atoms with Crippen LogP contribution in [0.25, 0.3) is 0 Å². The minimum Gasteiger partial charge on any atom is -0.496 e. The average molecular weight is 335 g/mol. The molecule has 0 saturated heterocycles. The van der Waals surface area contributed by atoms with E-state index in [0.29, 0.717) is 0 Å². The Morgan fingerprint density at radius 2 is 2.05 bits per heavy atom. The van der Waals surface area contributed by atoms with Crippen molar-refractivity contribution < 1.29 is 4.74 Å². The van der Waals surface area contributed by atoms with Gasteiger partial charge in [-0.15, -0.1) is 0 Å². The zero-order chi connectivity index (χ0) is 14.5. The van der Waals surface area contributed by atoms with E-state index in [1.54, 1.807) is 7.11 Å². The summed E-state index contributed by atoms with van der Waals surface area (Å²) in [4.78, 5) is 4.34. The van der Waals surface area contributed by atoms with E-state index in [1.807, 2.05) is 18.3 Å². The molecular weight excluding hydrogens is 316 g/mol. The second-order valence-corrected chi connectivity index (χ2v) is 5.67. The number of benzene rings is 1. The molecule has 0 spiro atoms. The average Bonchev–Trinajstić information content (AvgIpc) is 2.43. The first-order valence-electron chi connectivity index (χ1n) is 6.59. The number of nitrogens with zero attached hydrogens (tertiary/aromatic N) is 1. The summed E-state index contributed by atoms with van der Waals surface area (Å²) in [5, 5.41) is 3.34. The maximum atomic E-state index is 5.39. The van der Waals surface area contributed by atoms with E-state index in [-0.39, 0.29) is 0 Å². The van der Waals surface area contributed by atoms with E-state index >= 15 is 0 Å². The summed E-state index contributed by atoms with van der Waals surface area (Å²) in [7, 11) is 1.71. The number of rotatable bonds is 5. The van der Waals surface area contributed by atoms with Crippen molar-refractivity contribution in [2.75, 3.05) is 19.0 Å². The van der Waals surface area contributed by atoms with Gasteiger partial charge in [-0.1, -0.05) is 17.7 Å². The van der Waals surface area contributed by atoms with Crippen LogP contribution in [-0.2, 0) is 6.42 Å². The third kappa shape index (κ3) is 3.73. The van der Waals surface area contributed by atoms with E-state index < -0.39 is 0 Å². The molecule has 20 heavy (non-hydrogen) atoms. The van der Waals surface area contributed by atoms with E-state index in [4.69, 9.17) is 4.74 Å². The third-order valence-electron chi connectivity index (χ3n) is 3.18. The summed E-state index contributed by atoms with van der Waals surface area (Å²) in [5.74, 6) is 1.84. The second-order valence-electron chi connectivity index (χ2n) is 4.81. The Bertz CT molecular complexity index is 599. The highest BCUT2D eigenvalue weighted by molar-refractivity contribution is 9.10. The number of ether oxygens (including phenoxy) is 1. The lowest BCUT2D eigenvalue weighted by atomic mass is 10.1. The zero-order valence-corrected chi connectivity index (χ0v) is 13.6. The van der Waals surface area contributed by atoms with Crippen LogP contribution in [-0.4, -0.2) is 18.6 Å². The molecule has 0 saturated carbocycles. The molecule has 0 radical (unpaired) electrons. The molecule has 0 amide bonds. The van der Waals surface area contributed by atoms with Crippen LogP contribution >= 0.6 is 15.9 Å². The van der Waals surface area contributed by atoms with Crippen molar-refractivity contribution in [1.29, 1.82) is 0 Å². The normalized spacial score (nSPS) is 10.4. The van der Waals surface area contributed by atoms with E-state index in [2.05, 4.69) is 52.2 Å². The molecular formula is C16H19BrN2O. The van der Waals surface area contributed by atoms with Crippen LogP contribution in [0.1, 0.15) is 16.7 Å². The zero-order valence-electron chi connectivity index (χ0n) is 12.0. The van der Waals surface area contributed by atoms with Crippen LogP contribution in [0, 0.1) is 13.8 Å². The van der Waals surface area contributed by atoms with Gasteiger partial charge in [0, 0.05) is 17.2 Å². The molecule has 0 atom stereocenters. The van der Waals surface area contributed by atoms with Crippen molar-refractivity contribution in [2.45, 2.75) is 20.3 Å². The first kappa shape index (κ1) is 14.9. The molecule has 2 rings (SSSR count). The number of anilines is 1. The largest absolute Gasteiger partial charge is 0.496 e. The lowest BCUT2D eigenvalue weighted by Gasteiger charge is -2.11.